The number of anilines is 2. The van der Waals surface area contributed by atoms with Crippen LogP contribution in [0.4, 0.5) is 11.4 Å². The molecule has 6 heteroatoms. The molecule has 25 heavy (non-hydrogen) atoms. The molecular weight excluding hydrogens is 314 g/mol. The molecule has 0 unspecified atom stereocenters. The van der Waals surface area contributed by atoms with Crippen molar-refractivity contribution in [1.82, 2.24) is 19.5 Å². The van der Waals surface area contributed by atoms with Crippen LogP contribution in [0.1, 0.15) is 30.9 Å². The van der Waals surface area contributed by atoms with Crippen LogP contribution < -0.4 is 4.90 Å². The number of fused-ring (bicyclic) bond motifs is 1. The monoisotopic (exact) mass is 333 g/mol. The predicted molar refractivity (Wildman–Crippen MR) is 95.2 cm³/mol. The van der Waals surface area contributed by atoms with E-state index in [9.17, 15) is 4.79 Å². The minimum Gasteiger partial charge on any atom is -0.306 e. The Morgan fingerprint density at radius 1 is 1.00 bits per heavy atom. The SMILES string of the molecule is Cc1cn(-c2ccc3c(c2)N(c2cnc(C)nc2)C(=O)C3(C)C)cn1. The summed E-state index contributed by atoms with van der Waals surface area (Å²) in [6.45, 7) is 7.67. The lowest BCUT2D eigenvalue weighted by Crippen LogP contribution is -2.33. The third-order valence-electron chi connectivity index (χ3n) is 4.67. The summed E-state index contributed by atoms with van der Waals surface area (Å²) in [7, 11) is 0. The van der Waals surface area contributed by atoms with E-state index in [-0.39, 0.29) is 5.91 Å². The summed E-state index contributed by atoms with van der Waals surface area (Å²) in [6, 6.07) is 6.06. The van der Waals surface area contributed by atoms with Gasteiger partial charge < -0.3 is 4.57 Å². The van der Waals surface area contributed by atoms with E-state index in [1.165, 1.54) is 0 Å². The maximum atomic E-state index is 13.1. The highest BCUT2D eigenvalue weighted by molar-refractivity contribution is 6.12. The summed E-state index contributed by atoms with van der Waals surface area (Å²) in [4.78, 5) is 27.5. The van der Waals surface area contributed by atoms with E-state index >= 15 is 0 Å². The molecule has 0 saturated heterocycles. The van der Waals surface area contributed by atoms with Gasteiger partial charge in [0, 0.05) is 11.9 Å². The van der Waals surface area contributed by atoms with Crippen LogP contribution in [0.25, 0.3) is 5.69 Å². The molecule has 1 aliphatic rings. The number of hydrogen-bond acceptors (Lipinski definition) is 4. The molecule has 0 N–H and O–H groups in total. The second-order valence-corrected chi connectivity index (χ2v) is 6.88. The second kappa shape index (κ2) is 5.24. The average Bonchev–Trinajstić information content (AvgIpc) is 3.10. The lowest BCUT2D eigenvalue weighted by atomic mass is 9.86. The summed E-state index contributed by atoms with van der Waals surface area (Å²) in [5, 5.41) is 0. The number of carbonyl (C=O) groups excluding carboxylic acids is 1. The first-order valence-corrected chi connectivity index (χ1v) is 8.16. The number of amides is 1. The van der Waals surface area contributed by atoms with Gasteiger partial charge >= 0.3 is 0 Å². The Morgan fingerprint density at radius 3 is 2.36 bits per heavy atom. The van der Waals surface area contributed by atoms with Gasteiger partial charge in [0.05, 0.1) is 41.2 Å². The summed E-state index contributed by atoms with van der Waals surface area (Å²) < 4.78 is 1.95. The highest BCUT2D eigenvalue weighted by atomic mass is 16.2. The Labute approximate surface area is 146 Å². The van der Waals surface area contributed by atoms with Gasteiger partial charge in [-0.15, -0.1) is 0 Å². The van der Waals surface area contributed by atoms with Gasteiger partial charge in [-0.25, -0.2) is 15.0 Å². The van der Waals surface area contributed by atoms with Crippen molar-refractivity contribution >= 4 is 17.3 Å². The quantitative estimate of drug-likeness (QED) is 0.722. The minimum absolute atomic E-state index is 0.0221. The molecular formula is C19H19N5O. The zero-order chi connectivity index (χ0) is 17.8. The van der Waals surface area contributed by atoms with E-state index < -0.39 is 5.41 Å². The van der Waals surface area contributed by atoms with Crippen molar-refractivity contribution in [2.75, 3.05) is 4.90 Å². The number of imidazole rings is 1. The Bertz CT molecular complexity index is 972. The Hall–Kier alpha value is -3.02. The first-order valence-electron chi connectivity index (χ1n) is 8.16. The second-order valence-electron chi connectivity index (χ2n) is 6.88. The molecule has 3 aromatic rings. The Morgan fingerprint density at radius 2 is 1.72 bits per heavy atom. The van der Waals surface area contributed by atoms with Crippen molar-refractivity contribution in [1.29, 1.82) is 0 Å². The molecule has 0 fully saturated rings. The number of rotatable bonds is 2. The fraction of sp³-hybridized carbons (Fsp3) is 0.263. The smallest absolute Gasteiger partial charge is 0.241 e. The van der Waals surface area contributed by atoms with Crippen LogP contribution in [0.15, 0.2) is 43.1 Å². The van der Waals surface area contributed by atoms with E-state index in [0.29, 0.717) is 11.5 Å². The molecule has 4 rings (SSSR count). The molecule has 0 radical (unpaired) electrons. The van der Waals surface area contributed by atoms with E-state index in [1.54, 1.807) is 23.6 Å². The number of aryl methyl sites for hydroxylation is 2. The lowest BCUT2D eigenvalue weighted by Gasteiger charge is -2.20. The molecule has 0 atom stereocenters. The number of benzene rings is 1. The van der Waals surface area contributed by atoms with Gasteiger partial charge in [0.2, 0.25) is 5.91 Å². The van der Waals surface area contributed by atoms with Gasteiger partial charge in [-0.3, -0.25) is 9.69 Å². The maximum absolute atomic E-state index is 13.1. The average molecular weight is 333 g/mol. The molecule has 1 aromatic carbocycles. The molecule has 0 aliphatic carbocycles. The van der Waals surface area contributed by atoms with Crippen LogP contribution >= 0.6 is 0 Å². The fourth-order valence-corrected chi connectivity index (χ4v) is 3.22. The number of hydrogen-bond donors (Lipinski definition) is 0. The first-order chi connectivity index (χ1) is 11.9. The number of aromatic nitrogens is 4. The van der Waals surface area contributed by atoms with Crippen LogP contribution in [0.2, 0.25) is 0 Å². The maximum Gasteiger partial charge on any atom is 0.241 e. The zero-order valence-corrected chi connectivity index (χ0v) is 14.7. The normalized spacial score (nSPS) is 15.5. The Kier molecular flexibility index (Phi) is 3.25. The molecule has 2 aromatic heterocycles. The van der Waals surface area contributed by atoms with E-state index in [0.717, 1.165) is 22.6 Å². The topological polar surface area (TPSA) is 63.9 Å². The van der Waals surface area contributed by atoms with Crippen LogP contribution in [0, 0.1) is 13.8 Å². The van der Waals surface area contributed by atoms with Crippen LogP contribution in [0.5, 0.6) is 0 Å². The lowest BCUT2D eigenvalue weighted by molar-refractivity contribution is -0.121. The number of carbonyl (C=O) groups is 1. The van der Waals surface area contributed by atoms with Gasteiger partial charge in [-0.1, -0.05) is 6.07 Å². The largest absolute Gasteiger partial charge is 0.306 e. The third-order valence-corrected chi connectivity index (χ3v) is 4.67. The van der Waals surface area contributed by atoms with Gasteiger partial charge in [-0.2, -0.15) is 0 Å². The summed E-state index contributed by atoms with van der Waals surface area (Å²) in [5.74, 6) is 0.700. The Balaban J connectivity index is 1.89. The molecule has 0 saturated carbocycles. The molecule has 1 amide bonds. The molecule has 0 bridgehead atoms. The number of nitrogens with zero attached hydrogens (tertiary/aromatic N) is 5. The summed E-state index contributed by atoms with van der Waals surface area (Å²) >= 11 is 0. The molecule has 126 valence electrons. The van der Waals surface area contributed by atoms with E-state index in [2.05, 4.69) is 15.0 Å². The van der Waals surface area contributed by atoms with Gasteiger partial charge in [-0.05, 0) is 45.4 Å². The highest BCUT2D eigenvalue weighted by Crippen LogP contribution is 2.45. The third kappa shape index (κ3) is 2.33. The highest BCUT2D eigenvalue weighted by Gasteiger charge is 2.44. The summed E-state index contributed by atoms with van der Waals surface area (Å²) in [6.07, 6.45) is 7.13. The van der Waals surface area contributed by atoms with E-state index in [4.69, 9.17) is 0 Å². The zero-order valence-electron chi connectivity index (χ0n) is 14.7. The fourth-order valence-electron chi connectivity index (χ4n) is 3.22. The van der Waals surface area contributed by atoms with Crippen molar-refractivity contribution in [3.8, 4) is 5.69 Å². The van der Waals surface area contributed by atoms with Crippen molar-refractivity contribution in [2.24, 2.45) is 0 Å². The van der Waals surface area contributed by atoms with Gasteiger partial charge in [0.25, 0.3) is 0 Å². The van der Waals surface area contributed by atoms with Gasteiger partial charge in [0.1, 0.15) is 5.82 Å². The first kappa shape index (κ1) is 15.5. The van der Waals surface area contributed by atoms with E-state index in [1.807, 2.05) is 56.7 Å². The standard InChI is InChI=1S/C19H19N5O/c1-12-10-23(11-22-12)14-5-6-16-17(7-14)24(18(25)19(16,3)4)15-8-20-13(2)21-9-15/h5-11H,1-4H3. The molecule has 6 nitrogen and oxygen atoms in total. The molecule has 1 aliphatic heterocycles. The van der Waals surface area contributed by atoms with Crippen LogP contribution in [-0.2, 0) is 10.2 Å². The van der Waals surface area contributed by atoms with Gasteiger partial charge in [0.15, 0.2) is 0 Å². The molecule has 0 spiro atoms. The summed E-state index contributed by atoms with van der Waals surface area (Å²) in [5.41, 5.74) is 3.86. The van der Waals surface area contributed by atoms with Crippen molar-refractivity contribution in [3.05, 3.63) is 60.2 Å². The van der Waals surface area contributed by atoms with Crippen LogP contribution in [-0.4, -0.2) is 25.4 Å². The van der Waals surface area contributed by atoms with Crippen molar-refractivity contribution in [3.63, 3.8) is 0 Å². The molecule has 3 heterocycles. The van der Waals surface area contributed by atoms with Crippen LogP contribution in [0.3, 0.4) is 0 Å². The minimum atomic E-state index is -0.594. The van der Waals surface area contributed by atoms with Crippen molar-refractivity contribution < 1.29 is 4.79 Å². The predicted octanol–water partition coefficient (Wildman–Crippen LogP) is 3.24. The van der Waals surface area contributed by atoms with Crippen molar-refractivity contribution in [2.45, 2.75) is 33.1 Å².